The monoisotopic (exact) mass is 467 g/mol. The minimum atomic E-state index is -4.47. The Balaban J connectivity index is 1.39. The first-order chi connectivity index (χ1) is 16.3. The highest BCUT2D eigenvalue weighted by Gasteiger charge is 2.34. The van der Waals surface area contributed by atoms with Gasteiger partial charge in [-0.05, 0) is 48.4 Å². The van der Waals surface area contributed by atoms with Crippen LogP contribution in [0, 0.1) is 0 Å². The molecule has 7 nitrogen and oxygen atoms in total. The zero-order valence-electron chi connectivity index (χ0n) is 18.2. The summed E-state index contributed by atoms with van der Waals surface area (Å²) in [5.74, 6) is 1.13. The van der Waals surface area contributed by atoms with Crippen molar-refractivity contribution in [2.45, 2.75) is 19.5 Å². The number of anilines is 2. The molecule has 0 aliphatic carbocycles. The van der Waals surface area contributed by atoms with Gasteiger partial charge in [0, 0.05) is 42.8 Å². The molecule has 174 valence electrons. The Bertz CT molecular complexity index is 1370. The van der Waals surface area contributed by atoms with Crippen LogP contribution in [0.4, 0.5) is 29.3 Å². The molecule has 1 saturated heterocycles. The van der Waals surface area contributed by atoms with Crippen LogP contribution in [-0.2, 0) is 12.6 Å². The van der Waals surface area contributed by atoms with Crippen LogP contribution in [0.1, 0.15) is 18.1 Å². The molecule has 34 heavy (non-hydrogen) atoms. The second-order valence-corrected chi connectivity index (χ2v) is 7.77. The number of carbonyl (C=O) groups is 1. The summed E-state index contributed by atoms with van der Waals surface area (Å²) < 4.78 is 47.0. The molecule has 0 unspecified atom stereocenters. The summed E-state index contributed by atoms with van der Waals surface area (Å²) in [5.41, 5.74) is 1.62. The van der Waals surface area contributed by atoms with Gasteiger partial charge in [-0.25, -0.2) is 9.78 Å². The fraction of sp³-hybridized carbons (Fsp3) is 0.208. The van der Waals surface area contributed by atoms with E-state index in [-0.39, 0.29) is 18.3 Å². The number of nitrogens with zero attached hydrogens (tertiary/aromatic N) is 5. The molecular formula is C24H20F3N5O2. The number of carbonyl (C=O) groups excluding carboxylic acids is 1. The molecule has 0 spiro atoms. The zero-order chi connectivity index (χ0) is 23.9. The summed E-state index contributed by atoms with van der Waals surface area (Å²) in [4.78, 5) is 20.2. The molecule has 3 heterocycles. The molecule has 1 aliphatic heterocycles. The van der Waals surface area contributed by atoms with Crippen LogP contribution in [0.15, 0.2) is 67.0 Å². The number of hydrogen-bond acceptors (Lipinski definition) is 4. The first-order valence-electron chi connectivity index (χ1n) is 10.7. The Morgan fingerprint density at radius 2 is 1.74 bits per heavy atom. The number of halogens is 3. The van der Waals surface area contributed by atoms with E-state index in [0.717, 1.165) is 17.7 Å². The van der Waals surface area contributed by atoms with Gasteiger partial charge in [0.25, 0.3) is 0 Å². The van der Waals surface area contributed by atoms with Crippen molar-refractivity contribution >= 4 is 23.1 Å². The molecule has 2 aromatic heterocycles. The molecule has 1 aliphatic rings. The van der Waals surface area contributed by atoms with Gasteiger partial charge in [-0.2, -0.15) is 22.8 Å². The van der Waals surface area contributed by atoms with Crippen molar-refractivity contribution in [1.29, 1.82) is 0 Å². The van der Waals surface area contributed by atoms with E-state index in [1.165, 1.54) is 17.0 Å². The summed E-state index contributed by atoms with van der Waals surface area (Å²) in [6, 6.07) is 13.3. The number of amides is 2. The molecule has 1 fully saturated rings. The lowest BCUT2D eigenvalue weighted by atomic mass is 10.1. The third-order valence-electron chi connectivity index (χ3n) is 5.70. The molecule has 2 amide bonds. The second kappa shape index (κ2) is 8.36. The average Bonchev–Trinajstić information content (AvgIpc) is 3.46. The van der Waals surface area contributed by atoms with Crippen LogP contribution in [-0.4, -0.2) is 33.7 Å². The van der Waals surface area contributed by atoms with E-state index >= 15 is 0 Å². The van der Waals surface area contributed by atoms with Crippen LogP contribution < -0.4 is 14.5 Å². The highest BCUT2D eigenvalue weighted by molar-refractivity contribution is 6.06. The third kappa shape index (κ3) is 3.91. The van der Waals surface area contributed by atoms with Gasteiger partial charge in [0.1, 0.15) is 5.75 Å². The van der Waals surface area contributed by atoms with Gasteiger partial charge in [0.05, 0.1) is 11.8 Å². The quantitative estimate of drug-likeness (QED) is 0.386. The summed E-state index contributed by atoms with van der Waals surface area (Å²) in [7, 11) is 0. The van der Waals surface area contributed by atoms with Crippen LogP contribution in [0.3, 0.4) is 0 Å². The lowest BCUT2D eigenvalue weighted by molar-refractivity contribution is -0.137. The highest BCUT2D eigenvalue weighted by atomic mass is 19.4. The van der Waals surface area contributed by atoms with Gasteiger partial charge in [-0.3, -0.25) is 9.80 Å². The van der Waals surface area contributed by atoms with Gasteiger partial charge in [0.2, 0.25) is 5.88 Å². The summed E-state index contributed by atoms with van der Waals surface area (Å²) in [6.45, 7) is 2.62. The number of aromatic nitrogens is 3. The standard InChI is InChI=1S/C24H20F3N5O2/c1-2-16-14-19(6-7-20(16)34-22-9-10-28-21-8-11-29-32(21)22)31-13-12-30(23(31)33)18-5-3-4-17(15-18)24(25,26)27/h3-11,14-15H,2,12-13H2,1H3. The highest BCUT2D eigenvalue weighted by Crippen LogP contribution is 2.35. The first-order valence-corrected chi connectivity index (χ1v) is 10.7. The van der Waals surface area contributed by atoms with E-state index in [2.05, 4.69) is 10.1 Å². The number of benzene rings is 2. The molecule has 0 N–H and O–H groups in total. The molecule has 0 bridgehead atoms. The molecule has 5 rings (SSSR count). The summed E-state index contributed by atoms with van der Waals surface area (Å²) in [5, 5.41) is 4.22. The Morgan fingerprint density at radius 3 is 2.47 bits per heavy atom. The third-order valence-corrected chi connectivity index (χ3v) is 5.70. The van der Waals surface area contributed by atoms with Gasteiger partial charge in [0.15, 0.2) is 5.65 Å². The number of rotatable bonds is 5. The van der Waals surface area contributed by atoms with Crippen LogP contribution in [0.2, 0.25) is 0 Å². The Kier molecular flexibility index (Phi) is 5.35. The van der Waals surface area contributed by atoms with Gasteiger partial charge >= 0.3 is 12.2 Å². The molecular weight excluding hydrogens is 447 g/mol. The number of aryl methyl sites for hydroxylation is 1. The van der Waals surface area contributed by atoms with E-state index in [9.17, 15) is 18.0 Å². The molecule has 2 aromatic carbocycles. The van der Waals surface area contributed by atoms with Crippen molar-refractivity contribution in [2.24, 2.45) is 0 Å². The molecule has 0 radical (unpaired) electrons. The molecule has 10 heteroatoms. The Morgan fingerprint density at radius 1 is 0.971 bits per heavy atom. The lowest BCUT2D eigenvalue weighted by Gasteiger charge is -2.21. The lowest BCUT2D eigenvalue weighted by Crippen LogP contribution is -2.31. The maximum atomic E-state index is 13.1. The van der Waals surface area contributed by atoms with E-state index < -0.39 is 11.7 Å². The molecule has 0 saturated carbocycles. The van der Waals surface area contributed by atoms with Crippen LogP contribution in [0.25, 0.3) is 5.65 Å². The maximum Gasteiger partial charge on any atom is 0.416 e. The molecule has 0 atom stereocenters. The minimum absolute atomic E-state index is 0.221. The van der Waals surface area contributed by atoms with Crippen molar-refractivity contribution in [3.8, 4) is 11.6 Å². The van der Waals surface area contributed by atoms with Crippen LogP contribution >= 0.6 is 0 Å². The van der Waals surface area contributed by atoms with E-state index in [4.69, 9.17) is 4.74 Å². The van der Waals surface area contributed by atoms with Crippen molar-refractivity contribution < 1.29 is 22.7 Å². The van der Waals surface area contributed by atoms with Crippen LogP contribution in [0.5, 0.6) is 11.6 Å². The number of alkyl halides is 3. The predicted molar refractivity (Wildman–Crippen MR) is 120 cm³/mol. The largest absolute Gasteiger partial charge is 0.439 e. The number of hydrogen-bond donors (Lipinski definition) is 0. The van der Waals surface area contributed by atoms with E-state index in [1.54, 1.807) is 46.1 Å². The van der Waals surface area contributed by atoms with Crippen molar-refractivity contribution in [3.63, 3.8) is 0 Å². The maximum absolute atomic E-state index is 13.1. The van der Waals surface area contributed by atoms with Crippen molar-refractivity contribution in [2.75, 3.05) is 22.9 Å². The number of urea groups is 1. The molecule has 4 aromatic rings. The minimum Gasteiger partial charge on any atom is -0.439 e. The van der Waals surface area contributed by atoms with Gasteiger partial charge in [-0.15, -0.1) is 0 Å². The fourth-order valence-corrected chi connectivity index (χ4v) is 3.98. The van der Waals surface area contributed by atoms with Crippen molar-refractivity contribution in [3.05, 3.63) is 78.1 Å². The topological polar surface area (TPSA) is 63.0 Å². The fourth-order valence-electron chi connectivity index (χ4n) is 3.98. The normalized spacial score (nSPS) is 14.3. The second-order valence-electron chi connectivity index (χ2n) is 7.77. The average molecular weight is 467 g/mol. The predicted octanol–water partition coefficient (Wildman–Crippen LogP) is 5.55. The number of ether oxygens (including phenoxy) is 1. The Labute approximate surface area is 193 Å². The van der Waals surface area contributed by atoms with Crippen molar-refractivity contribution in [1.82, 2.24) is 14.6 Å². The SMILES string of the molecule is CCc1cc(N2CCN(c3cccc(C(F)(F)F)c3)C2=O)ccc1Oc1ccnc2ccnn12. The summed E-state index contributed by atoms with van der Waals surface area (Å²) in [6.07, 6.45) is -0.553. The number of fused-ring (bicyclic) bond motifs is 1. The smallest absolute Gasteiger partial charge is 0.416 e. The summed E-state index contributed by atoms with van der Waals surface area (Å²) >= 11 is 0. The van der Waals surface area contributed by atoms with E-state index in [0.29, 0.717) is 35.9 Å². The zero-order valence-corrected chi connectivity index (χ0v) is 18.2. The Hall–Kier alpha value is -4.08. The van der Waals surface area contributed by atoms with Gasteiger partial charge < -0.3 is 4.74 Å². The van der Waals surface area contributed by atoms with E-state index in [1.807, 2.05) is 13.0 Å². The van der Waals surface area contributed by atoms with Gasteiger partial charge in [-0.1, -0.05) is 13.0 Å². The first kappa shape index (κ1) is 21.7.